The zero-order chi connectivity index (χ0) is 14.6. The fourth-order valence-corrected chi connectivity index (χ4v) is 2.06. The van der Waals surface area contributed by atoms with Gasteiger partial charge in [-0.3, -0.25) is 0 Å². The monoisotopic (exact) mass is 277 g/mol. The normalized spacial score (nSPS) is 14.0. The van der Waals surface area contributed by atoms with Gasteiger partial charge in [-0.15, -0.1) is 0 Å². The van der Waals surface area contributed by atoms with Crippen LogP contribution >= 0.6 is 0 Å². The highest BCUT2D eigenvalue weighted by molar-refractivity contribution is 5.27. The van der Waals surface area contributed by atoms with Gasteiger partial charge >= 0.3 is 0 Å². The molecule has 0 amide bonds. The van der Waals surface area contributed by atoms with Gasteiger partial charge in [0, 0.05) is 12.1 Å². The maximum atomic E-state index is 13.9. The third-order valence-corrected chi connectivity index (χ3v) is 3.39. The molecule has 2 aromatic carbocycles. The Labute approximate surface area is 117 Å². The van der Waals surface area contributed by atoms with Crippen LogP contribution in [0.15, 0.2) is 48.5 Å². The highest BCUT2D eigenvalue weighted by atomic mass is 19.2. The summed E-state index contributed by atoms with van der Waals surface area (Å²) in [6.07, 6.45) is 0. The predicted octanol–water partition coefficient (Wildman–Crippen LogP) is 2.96. The summed E-state index contributed by atoms with van der Waals surface area (Å²) in [7, 11) is 0. The van der Waals surface area contributed by atoms with E-state index < -0.39 is 17.2 Å². The summed E-state index contributed by atoms with van der Waals surface area (Å²) in [6, 6.07) is 13.5. The highest BCUT2D eigenvalue weighted by Gasteiger charge is 2.29. The Morgan fingerprint density at radius 2 is 1.75 bits per heavy atom. The molecular weight excluding hydrogens is 260 g/mol. The minimum Gasteiger partial charge on any atom is -0.394 e. The summed E-state index contributed by atoms with van der Waals surface area (Å²) in [5.74, 6) is -1.84. The van der Waals surface area contributed by atoms with E-state index in [0.29, 0.717) is 6.54 Å². The van der Waals surface area contributed by atoms with Crippen LogP contribution in [0.4, 0.5) is 8.78 Å². The molecule has 0 spiro atoms. The average Bonchev–Trinajstić information content (AvgIpc) is 2.49. The Morgan fingerprint density at radius 1 is 1.05 bits per heavy atom. The molecule has 0 radical (unpaired) electrons. The Morgan fingerprint density at radius 3 is 2.40 bits per heavy atom. The lowest BCUT2D eigenvalue weighted by molar-refractivity contribution is 0.169. The zero-order valence-electron chi connectivity index (χ0n) is 11.2. The second-order valence-corrected chi connectivity index (χ2v) is 4.93. The van der Waals surface area contributed by atoms with Crippen molar-refractivity contribution in [2.45, 2.75) is 19.0 Å². The first kappa shape index (κ1) is 14.6. The largest absolute Gasteiger partial charge is 0.394 e. The number of aliphatic hydroxyl groups is 1. The van der Waals surface area contributed by atoms with Crippen molar-refractivity contribution < 1.29 is 13.9 Å². The lowest BCUT2D eigenvalue weighted by atomic mass is 9.92. The van der Waals surface area contributed by atoms with E-state index in [-0.39, 0.29) is 12.2 Å². The van der Waals surface area contributed by atoms with Gasteiger partial charge in [0.05, 0.1) is 12.1 Å². The first-order valence-corrected chi connectivity index (χ1v) is 6.41. The second kappa shape index (κ2) is 6.11. The number of nitrogens with one attached hydrogen (secondary N) is 1. The van der Waals surface area contributed by atoms with E-state index in [2.05, 4.69) is 5.32 Å². The van der Waals surface area contributed by atoms with Crippen LogP contribution in [0.1, 0.15) is 18.1 Å². The maximum Gasteiger partial charge on any atom is 0.163 e. The topological polar surface area (TPSA) is 32.3 Å². The minimum absolute atomic E-state index is 0.121. The van der Waals surface area contributed by atoms with Crippen molar-refractivity contribution in [1.82, 2.24) is 5.32 Å². The van der Waals surface area contributed by atoms with Crippen molar-refractivity contribution >= 4 is 0 Å². The lowest BCUT2D eigenvalue weighted by Gasteiger charge is -2.30. The molecule has 0 bridgehead atoms. The highest BCUT2D eigenvalue weighted by Crippen LogP contribution is 2.25. The van der Waals surface area contributed by atoms with Crippen LogP contribution in [-0.4, -0.2) is 11.7 Å². The van der Waals surface area contributed by atoms with Gasteiger partial charge in [-0.25, -0.2) is 8.78 Å². The van der Waals surface area contributed by atoms with Crippen molar-refractivity contribution in [3.8, 4) is 0 Å². The summed E-state index contributed by atoms with van der Waals surface area (Å²) >= 11 is 0. The first-order chi connectivity index (χ1) is 9.57. The van der Waals surface area contributed by atoms with Crippen molar-refractivity contribution in [2.75, 3.05) is 6.61 Å². The van der Waals surface area contributed by atoms with Gasteiger partial charge in [0.1, 0.15) is 0 Å². The molecule has 2 aromatic rings. The molecule has 1 atom stereocenters. The lowest BCUT2D eigenvalue weighted by Crippen LogP contribution is -2.43. The summed E-state index contributed by atoms with van der Waals surface area (Å²) in [5.41, 5.74) is 0.0853. The standard InChI is InChI=1S/C16H17F2NO/c1-16(11-20,13-8-5-9-14(17)15(13)18)19-10-12-6-3-2-4-7-12/h2-9,19-20H,10-11H2,1H3. The first-order valence-electron chi connectivity index (χ1n) is 6.41. The number of hydrogen-bond acceptors (Lipinski definition) is 2. The summed E-state index contributed by atoms with van der Waals surface area (Å²) in [4.78, 5) is 0. The zero-order valence-corrected chi connectivity index (χ0v) is 11.2. The van der Waals surface area contributed by atoms with Crippen molar-refractivity contribution in [1.29, 1.82) is 0 Å². The Kier molecular flexibility index (Phi) is 4.47. The number of benzene rings is 2. The quantitative estimate of drug-likeness (QED) is 0.880. The van der Waals surface area contributed by atoms with E-state index in [1.54, 1.807) is 6.92 Å². The van der Waals surface area contributed by atoms with Crippen LogP contribution in [0.25, 0.3) is 0 Å². The fraction of sp³-hybridized carbons (Fsp3) is 0.250. The van der Waals surface area contributed by atoms with E-state index in [9.17, 15) is 13.9 Å². The van der Waals surface area contributed by atoms with E-state index in [0.717, 1.165) is 11.6 Å². The van der Waals surface area contributed by atoms with E-state index in [1.165, 1.54) is 12.1 Å². The minimum atomic E-state index is -1.04. The third kappa shape index (κ3) is 3.03. The summed E-state index contributed by atoms with van der Waals surface area (Å²) in [6.45, 7) is 1.77. The maximum absolute atomic E-state index is 13.9. The van der Waals surface area contributed by atoms with Crippen molar-refractivity contribution in [2.24, 2.45) is 0 Å². The Bertz CT molecular complexity index is 574. The molecule has 2 N–H and O–H groups in total. The van der Waals surface area contributed by atoms with Crippen molar-refractivity contribution in [3.63, 3.8) is 0 Å². The molecule has 0 aliphatic rings. The molecule has 0 aliphatic heterocycles. The molecule has 106 valence electrons. The number of hydrogen-bond donors (Lipinski definition) is 2. The fourth-order valence-electron chi connectivity index (χ4n) is 2.06. The van der Waals surface area contributed by atoms with Gasteiger partial charge in [0.25, 0.3) is 0 Å². The average molecular weight is 277 g/mol. The second-order valence-electron chi connectivity index (χ2n) is 4.93. The van der Waals surface area contributed by atoms with Crippen LogP contribution in [0.5, 0.6) is 0 Å². The number of rotatable bonds is 5. The third-order valence-electron chi connectivity index (χ3n) is 3.39. The molecule has 0 fully saturated rings. The number of halogens is 2. The van der Waals surface area contributed by atoms with E-state index in [1.807, 2.05) is 30.3 Å². The van der Waals surface area contributed by atoms with Crippen LogP contribution in [0.3, 0.4) is 0 Å². The van der Waals surface area contributed by atoms with Gasteiger partial charge in [-0.1, -0.05) is 42.5 Å². The molecular formula is C16H17F2NO. The van der Waals surface area contributed by atoms with E-state index in [4.69, 9.17) is 0 Å². The van der Waals surface area contributed by atoms with Crippen molar-refractivity contribution in [3.05, 3.63) is 71.3 Å². The Balaban J connectivity index is 2.23. The van der Waals surface area contributed by atoms with E-state index >= 15 is 0 Å². The van der Waals surface area contributed by atoms with Crippen LogP contribution in [-0.2, 0) is 12.1 Å². The molecule has 0 saturated carbocycles. The molecule has 0 saturated heterocycles. The SMILES string of the molecule is CC(CO)(NCc1ccccc1)c1cccc(F)c1F. The van der Waals surface area contributed by atoms with Gasteiger partial charge in [-0.2, -0.15) is 0 Å². The molecule has 2 nitrogen and oxygen atoms in total. The Hall–Kier alpha value is -1.78. The van der Waals surface area contributed by atoms with Crippen LogP contribution in [0, 0.1) is 11.6 Å². The molecule has 0 aromatic heterocycles. The number of aliphatic hydroxyl groups excluding tert-OH is 1. The molecule has 1 unspecified atom stereocenters. The molecule has 2 rings (SSSR count). The molecule has 4 heteroatoms. The summed E-state index contributed by atoms with van der Waals surface area (Å²) in [5, 5.41) is 12.7. The summed E-state index contributed by atoms with van der Waals surface area (Å²) < 4.78 is 27.2. The molecule has 20 heavy (non-hydrogen) atoms. The van der Waals surface area contributed by atoms with Gasteiger partial charge in [-0.05, 0) is 18.6 Å². The van der Waals surface area contributed by atoms with Gasteiger partial charge in [0.15, 0.2) is 11.6 Å². The van der Waals surface area contributed by atoms with Crippen LogP contribution < -0.4 is 5.32 Å². The van der Waals surface area contributed by atoms with Gasteiger partial charge < -0.3 is 10.4 Å². The predicted molar refractivity (Wildman–Crippen MR) is 74.1 cm³/mol. The molecule has 0 aliphatic carbocycles. The van der Waals surface area contributed by atoms with Gasteiger partial charge in [0.2, 0.25) is 0 Å². The van der Waals surface area contributed by atoms with Crippen LogP contribution in [0.2, 0.25) is 0 Å². The molecule has 0 heterocycles. The smallest absolute Gasteiger partial charge is 0.163 e.